The third-order valence-corrected chi connectivity index (χ3v) is 12.0. The minimum Gasteiger partial charge on any atom is -0.477 e. The maximum absolute atomic E-state index is 12.8. The molecule has 0 rings (SSSR count). The number of nitrogens with zero attached hydrogens (tertiary/aromatic N) is 1. The van der Waals surface area contributed by atoms with Crippen molar-refractivity contribution in [3.63, 3.8) is 0 Å². The van der Waals surface area contributed by atoms with Crippen molar-refractivity contribution in [1.82, 2.24) is 0 Å². The number of rotatable bonds is 49. The number of unbranched alkanes of at least 4 members (excludes halogenated alkanes) is 21. The molecule has 0 fully saturated rings. The normalized spacial score (nSPS) is 13.5. The molecule has 0 bridgehead atoms. The standard InChI is InChI=1S/C60H103NO7/c1-6-8-10-12-14-16-18-20-22-24-26-28-29-31-33-35-37-39-41-43-45-47-49-51-59(63)68-56(54-66-53-52-57(60(64)65)61(3,4)5)55-67-58(62)50-48-46-44-42-40-38-36-34-32-30-27-25-23-21-19-17-15-13-11-9-7-2/h8-11,14-17,20,22,26,28,31,33,56-57H,6-7,12-13,18-19,21,23-25,27,29-30,32,34-55H2,1-5H3/p+1/b10-8+,11-9+,16-14+,17-15+,22-20+,28-26+,33-31+. The number of allylic oxidation sites excluding steroid dienone is 14. The molecule has 8 heteroatoms. The fourth-order valence-corrected chi connectivity index (χ4v) is 7.86. The number of ether oxygens (including phenoxy) is 3. The van der Waals surface area contributed by atoms with Gasteiger partial charge in [-0.05, 0) is 83.5 Å². The lowest BCUT2D eigenvalue weighted by Gasteiger charge is -2.31. The average molecular weight is 951 g/mol. The van der Waals surface area contributed by atoms with Gasteiger partial charge in [0.05, 0.1) is 34.4 Å². The van der Waals surface area contributed by atoms with Gasteiger partial charge in [0.2, 0.25) is 0 Å². The minimum atomic E-state index is -0.878. The fraction of sp³-hybridized carbons (Fsp3) is 0.717. The molecular formula is C60H104NO7+. The van der Waals surface area contributed by atoms with Gasteiger partial charge in [-0.2, -0.15) is 0 Å². The number of carbonyl (C=O) groups is 3. The second-order valence-corrected chi connectivity index (χ2v) is 19.4. The van der Waals surface area contributed by atoms with E-state index in [9.17, 15) is 19.5 Å². The van der Waals surface area contributed by atoms with Crippen molar-refractivity contribution in [2.75, 3.05) is 41.0 Å². The molecule has 0 amide bonds. The second kappa shape index (κ2) is 49.9. The monoisotopic (exact) mass is 951 g/mol. The predicted octanol–water partition coefficient (Wildman–Crippen LogP) is 16.4. The fourth-order valence-electron chi connectivity index (χ4n) is 7.86. The van der Waals surface area contributed by atoms with Crippen LogP contribution in [0, 0.1) is 0 Å². The number of esters is 2. The van der Waals surface area contributed by atoms with E-state index in [0.717, 1.165) is 96.3 Å². The largest absolute Gasteiger partial charge is 0.477 e. The lowest BCUT2D eigenvalue weighted by molar-refractivity contribution is -0.887. The number of likely N-dealkylation sites (N-methyl/N-ethyl adjacent to an activating group) is 1. The number of quaternary nitrogens is 1. The molecule has 0 aromatic carbocycles. The van der Waals surface area contributed by atoms with E-state index in [2.05, 4.69) is 98.9 Å². The summed E-state index contributed by atoms with van der Waals surface area (Å²) < 4.78 is 17.4. The van der Waals surface area contributed by atoms with Crippen molar-refractivity contribution in [3.8, 4) is 0 Å². The predicted molar refractivity (Wildman–Crippen MR) is 289 cm³/mol. The first-order chi connectivity index (χ1) is 33.1. The average Bonchev–Trinajstić information content (AvgIpc) is 3.30. The van der Waals surface area contributed by atoms with E-state index in [-0.39, 0.29) is 36.2 Å². The van der Waals surface area contributed by atoms with Crippen LogP contribution in [-0.2, 0) is 28.6 Å². The molecule has 390 valence electrons. The molecule has 0 saturated carbocycles. The summed E-state index contributed by atoms with van der Waals surface area (Å²) in [7, 11) is 5.53. The summed E-state index contributed by atoms with van der Waals surface area (Å²) in [5.74, 6) is -1.48. The van der Waals surface area contributed by atoms with Gasteiger partial charge in [-0.3, -0.25) is 9.59 Å². The molecule has 0 saturated heterocycles. The number of carboxylic acid groups (broad SMARTS) is 1. The van der Waals surface area contributed by atoms with Crippen LogP contribution in [0.1, 0.15) is 226 Å². The Hall–Kier alpha value is -3.49. The number of carbonyl (C=O) groups excluding carboxylic acids is 2. The van der Waals surface area contributed by atoms with Crippen LogP contribution in [0.2, 0.25) is 0 Å². The minimum absolute atomic E-state index is 0.0535. The molecule has 1 N–H and O–H groups in total. The van der Waals surface area contributed by atoms with E-state index in [1.54, 1.807) is 0 Å². The first-order valence-corrected chi connectivity index (χ1v) is 27.6. The summed E-state index contributed by atoms with van der Waals surface area (Å²) in [6.45, 7) is 4.53. The Kier molecular flexibility index (Phi) is 47.4. The highest BCUT2D eigenvalue weighted by Crippen LogP contribution is 2.16. The number of carboxylic acids is 1. The van der Waals surface area contributed by atoms with Crippen LogP contribution < -0.4 is 0 Å². The molecule has 0 aromatic rings. The number of hydrogen-bond acceptors (Lipinski definition) is 6. The third-order valence-electron chi connectivity index (χ3n) is 12.0. The van der Waals surface area contributed by atoms with Gasteiger partial charge < -0.3 is 23.8 Å². The Bertz CT molecular complexity index is 1380. The van der Waals surface area contributed by atoms with E-state index >= 15 is 0 Å². The number of hydrogen-bond donors (Lipinski definition) is 1. The zero-order chi connectivity index (χ0) is 49.9. The maximum atomic E-state index is 12.8. The first kappa shape index (κ1) is 64.5. The van der Waals surface area contributed by atoms with Gasteiger partial charge in [0.25, 0.3) is 0 Å². The summed E-state index contributed by atoms with van der Waals surface area (Å²) in [5.41, 5.74) is 0. The molecule has 0 aliphatic carbocycles. The molecule has 0 radical (unpaired) electrons. The Labute approximate surface area is 418 Å². The Morgan fingerprint density at radius 2 is 0.779 bits per heavy atom. The maximum Gasteiger partial charge on any atom is 0.362 e. The summed E-state index contributed by atoms with van der Waals surface area (Å²) in [4.78, 5) is 37.3. The zero-order valence-corrected chi connectivity index (χ0v) is 44.5. The summed E-state index contributed by atoms with van der Waals surface area (Å²) >= 11 is 0. The second-order valence-electron chi connectivity index (χ2n) is 19.4. The lowest BCUT2D eigenvalue weighted by Crippen LogP contribution is -2.50. The number of aliphatic carboxylic acids is 1. The van der Waals surface area contributed by atoms with E-state index in [0.29, 0.717) is 19.3 Å². The molecule has 8 nitrogen and oxygen atoms in total. The van der Waals surface area contributed by atoms with E-state index in [1.807, 2.05) is 21.1 Å². The molecule has 0 aromatic heterocycles. The molecule has 0 heterocycles. The van der Waals surface area contributed by atoms with E-state index in [4.69, 9.17) is 14.2 Å². The van der Waals surface area contributed by atoms with Crippen LogP contribution >= 0.6 is 0 Å². The summed E-state index contributed by atoms with van der Waals surface area (Å²) in [5, 5.41) is 9.67. The van der Waals surface area contributed by atoms with Crippen molar-refractivity contribution >= 4 is 17.9 Å². The lowest BCUT2D eigenvalue weighted by atomic mass is 10.0. The van der Waals surface area contributed by atoms with Crippen LogP contribution in [0.3, 0.4) is 0 Å². The van der Waals surface area contributed by atoms with Crippen molar-refractivity contribution in [2.24, 2.45) is 0 Å². The highest BCUT2D eigenvalue weighted by Gasteiger charge is 2.31. The van der Waals surface area contributed by atoms with Crippen molar-refractivity contribution in [3.05, 3.63) is 85.1 Å². The van der Waals surface area contributed by atoms with Gasteiger partial charge in [0, 0.05) is 19.3 Å². The van der Waals surface area contributed by atoms with Gasteiger partial charge in [-0.1, -0.05) is 208 Å². The smallest absolute Gasteiger partial charge is 0.362 e. The Morgan fingerprint density at radius 3 is 1.15 bits per heavy atom. The topological polar surface area (TPSA) is 99.1 Å². The van der Waals surface area contributed by atoms with E-state index < -0.39 is 18.1 Å². The highest BCUT2D eigenvalue weighted by atomic mass is 16.6. The summed E-state index contributed by atoms with van der Waals surface area (Å²) in [6, 6.07) is -0.621. The molecule has 0 aliphatic heterocycles. The van der Waals surface area contributed by atoms with Crippen molar-refractivity contribution in [2.45, 2.75) is 238 Å². The van der Waals surface area contributed by atoms with Crippen molar-refractivity contribution < 1.29 is 38.2 Å². The molecule has 68 heavy (non-hydrogen) atoms. The van der Waals surface area contributed by atoms with Gasteiger partial charge in [-0.15, -0.1) is 0 Å². The van der Waals surface area contributed by atoms with Gasteiger partial charge in [-0.25, -0.2) is 4.79 Å². The summed E-state index contributed by atoms with van der Waals surface area (Å²) in [6.07, 6.45) is 66.4. The molecule has 0 spiro atoms. The highest BCUT2D eigenvalue weighted by molar-refractivity contribution is 5.72. The Balaban J connectivity index is 4.22. The SMILES string of the molecule is CC/C=C/C/C=C/C/C=C/C/C=C/C/C=C/CCCCCCCCCC(=O)OC(COCCC(C(=O)O)[N+](C)(C)C)COC(=O)CCCCCCCCCCCCCCCC/C=C/C/C=C/CC. The van der Waals surface area contributed by atoms with Gasteiger partial charge >= 0.3 is 17.9 Å². The zero-order valence-electron chi connectivity index (χ0n) is 44.5. The third kappa shape index (κ3) is 47.6. The van der Waals surface area contributed by atoms with Crippen LogP contribution in [0.15, 0.2) is 85.1 Å². The first-order valence-electron chi connectivity index (χ1n) is 27.6. The van der Waals surface area contributed by atoms with Gasteiger partial charge in [0.15, 0.2) is 12.1 Å². The Morgan fingerprint density at radius 1 is 0.441 bits per heavy atom. The molecule has 2 unspecified atom stereocenters. The van der Waals surface area contributed by atoms with Crippen LogP contribution in [-0.4, -0.2) is 80.6 Å². The van der Waals surface area contributed by atoms with Crippen LogP contribution in [0.4, 0.5) is 0 Å². The molecule has 0 aliphatic rings. The van der Waals surface area contributed by atoms with Crippen LogP contribution in [0.5, 0.6) is 0 Å². The molecular weight excluding hydrogens is 847 g/mol. The van der Waals surface area contributed by atoms with Crippen LogP contribution in [0.25, 0.3) is 0 Å². The quantitative estimate of drug-likeness (QED) is 0.0281. The van der Waals surface area contributed by atoms with E-state index in [1.165, 1.54) is 96.3 Å². The van der Waals surface area contributed by atoms with Crippen molar-refractivity contribution in [1.29, 1.82) is 0 Å². The molecule has 2 atom stereocenters. The van der Waals surface area contributed by atoms with Gasteiger partial charge in [0.1, 0.15) is 6.61 Å².